The van der Waals surface area contributed by atoms with Crippen LogP contribution in [0.5, 0.6) is 0 Å². The van der Waals surface area contributed by atoms with Crippen LogP contribution in [0.15, 0.2) is 0 Å². The summed E-state index contributed by atoms with van der Waals surface area (Å²) >= 11 is 0. The molecule has 0 unspecified atom stereocenters. The Bertz CT molecular complexity index is 38.8. The SMILES string of the molecule is C=O.O=[PH](O)O. The molecule has 0 aromatic carbocycles. The third-order valence-corrected chi connectivity index (χ3v) is 0. The summed E-state index contributed by atoms with van der Waals surface area (Å²) in [4.78, 5) is 22.3. The van der Waals surface area contributed by atoms with Gasteiger partial charge in [0, 0.05) is 0 Å². The first kappa shape index (κ1) is 9.27. The Balaban J connectivity index is 0. The van der Waals surface area contributed by atoms with Gasteiger partial charge in [0.25, 0.3) is 0 Å². The molecule has 0 aliphatic heterocycles. The Kier molecular flexibility index (Phi) is 13.7. The summed E-state index contributed by atoms with van der Waals surface area (Å²) in [5, 5.41) is 0. The van der Waals surface area contributed by atoms with E-state index in [0.29, 0.717) is 0 Å². The van der Waals surface area contributed by atoms with Crippen molar-refractivity contribution in [2.24, 2.45) is 0 Å². The van der Waals surface area contributed by atoms with Gasteiger partial charge in [0.05, 0.1) is 0 Å². The van der Waals surface area contributed by atoms with Crippen LogP contribution >= 0.6 is 8.25 Å². The molecule has 0 saturated carbocycles. The van der Waals surface area contributed by atoms with Gasteiger partial charge in [-0.2, -0.15) is 0 Å². The first-order valence-corrected chi connectivity index (χ1v) is 2.24. The maximum atomic E-state index is 8.74. The van der Waals surface area contributed by atoms with Gasteiger partial charge in [0.2, 0.25) is 0 Å². The lowest BCUT2D eigenvalue weighted by molar-refractivity contribution is -0.0979. The normalized spacial score (nSPS) is 6.50. The van der Waals surface area contributed by atoms with Crippen molar-refractivity contribution in [1.82, 2.24) is 0 Å². The molecule has 5 heteroatoms. The molecule has 2 N–H and O–H groups in total. The standard InChI is InChI=1S/CH2O.H3O3P/c1-2;1-4(2)3/h1H2;4H,(H2,1,2,3). The molecule has 0 amide bonds. The van der Waals surface area contributed by atoms with Crippen molar-refractivity contribution in [3.63, 3.8) is 0 Å². The molecule has 0 atom stereocenters. The van der Waals surface area contributed by atoms with Gasteiger partial charge in [0.15, 0.2) is 0 Å². The summed E-state index contributed by atoms with van der Waals surface area (Å²) in [7, 11) is -3.13. The third kappa shape index (κ3) is 938. The highest BCUT2D eigenvalue weighted by Gasteiger charge is 1.61. The lowest BCUT2D eigenvalue weighted by Gasteiger charge is -1.61. The fraction of sp³-hybridized carbons (Fsp3) is 0. The van der Waals surface area contributed by atoms with Crippen LogP contribution in [0, 0.1) is 0 Å². The molecule has 0 aliphatic carbocycles. The fourth-order valence-electron chi connectivity index (χ4n) is 0. The monoisotopic (exact) mass is 112 g/mol. The Morgan fingerprint density at radius 3 is 1.33 bits per heavy atom. The van der Waals surface area contributed by atoms with Crippen molar-refractivity contribution in [3.8, 4) is 0 Å². The highest BCUT2D eigenvalue weighted by molar-refractivity contribution is 7.30. The number of carbonyl (C=O) groups excluding carboxylic acids is 1. The predicted octanol–water partition coefficient (Wildman–Crippen LogP) is -0.824. The zero-order valence-corrected chi connectivity index (χ0v) is 3.92. The third-order valence-electron chi connectivity index (χ3n) is 0. The van der Waals surface area contributed by atoms with Crippen molar-refractivity contribution < 1.29 is 19.1 Å². The second kappa shape index (κ2) is 8.84. The van der Waals surface area contributed by atoms with Crippen molar-refractivity contribution >= 4 is 15.0 Å². The summed E-state index contributed by atoms with van der Waals surface area (Å²) in [5.41, 5.74) is 0. The molecule has 0 heterocycles. The molecule has 0 rings (SSSR count). The van der Waals surface area contributed by atoms with E-state index in [-0.39, 0.29) is 0 Å². The van der Waals surface area contributed by atoms with Crippen LogP contribution in [0.3, 0.4) is 0 Å². The van der Waals surface area contributed by atoms with E-state index in [1.54, 1.807) is 0 Å². The van der Waals surface area contributed by atoms with Gasteiger partial charge >= 0.3 is 8.25 Å². The summed E-state index contributed by atoms with van der Waals surface area (Å²) in [6.07, 6.45) is 0. The lowest BCUT2D eigenvalue weighted by atomic mass is 11.9. The van der Waals surface area contributed by atoms with Crippen LogP contribution in [0.4, 0.5) is 0 Å². The van der Waals surface area contributed by atoms with E-state index in [0.717, 1.165) is 0 Å². The molecular weight excluding hydrogens is 107 g/mol. The van der Waals surface area contributed by atoms with Crippen LogP contribution in [0.1, 0.15) is 0 Å². The number of carbonyl (C=O) groups is 1. The molecule has 0 aromatic heterocycles. The van der Waals surface area contributed by atoms with E-state index in [9.17, 15) is 0 Å². The molecule has 0 saturated heterocycles. The molecule has 6 heavy (non-hydrogen) atoms. The van der Waals surface area contributed by atoms with Gasteiger partial charge in [-0.05, 0) is 0 Å². The van der Waals surface area contributed by atoms with Gasteiger partial charge in [-0.25, -0.2) is 0 Å². The van der Waals surface area contributed by atoms with E-state index in [1.165, 1.54) is 0 Å². The molecule has 0 spiro atoms. The van der Waals surface area contributed by atoms with Crippen molar-refractivity contribution in [2.75, 3.05) is 0 Å². The maximum absolute atomic E-state index is 8.74. The molecule has 0 fully saturated rings. The molecular formula is CH5O4P. The average molecular weight is 112 g/mol. The van der Waals surface area contributed by atoms with E-state index >= 15 is 0 Å². The van der Waals surface area contributed by atoms with Crippen LogP contribution < -0.4 is 0 Å². The molecule has 4 nitrogen and oxygen atoms in total. The van der Waals surface area contributed by atoms with Gasteiger partial charge in [0.1, 0.15) is 6.79 Å². The lowest BCUT2D eigenvalue weighted by Crippen LogP contribution is -1.38. The van der Waals surface area contributed by atoms with Gasteiger partial charge in [-0.1, -0.05) is 0 Å². The summed E-state index contributed by atoms with van der Waals surface area (Å²) in [5.74, 6) is 0. The minimum atomic E-state index is -3.13. The molecule has 0 radical (unpaired) electrons. The zero-order chi connectivity index (χ0) is 5.58. The summed E-state index contributed by atoms with van der Waals surface area (Å²) in [6.45, 7) is 2.00. The second-order valence-electron chi connectivity index (χ2n) is 0.283. The van der Waals surface area contributed by atoms with Crippen molar-refractivity contribution in [3.05, 3.63) is 0 Å². The minimum Gasteiger partial charge on any atom is -0.326 e. The summed E-state index contributed by atoms with van der Waals surface area (Å²) < 4.78 is 8.74. The van der Waals surface area contributed by atoms with Crippen LogP contribution in [-0.2, 0) is 9.36 Å². The Labute approximate surface area is 35.4 Å². The van der Waals surface area contributed by atoms with Crippen molar-refractivity contribution in [1.29, 1.82) is 0 Å². The quantitative estimate of drug-likeness (QED) is 0.401. The molecule has 38 valence electrons. The smallest absolute Gasteiger partial charge is 0.314 e. The summed E-state index contributed by atoms with van der Waals surface area (Å²) in [6, 6.07) is 0. The largest absolute Gasteiger partial charge is 0.326 e. The van der Waals surface area contributed by atoms with Crippen LogP contribution in [-0.4, -0.2) is 16.6 Å². The molecule has 0 aliphatic rings. The van der Waals surface area contributed by atoms with Gasteiger partial charge in [-0.3, -0.25) is 4.57 Å². The average Bonchev–Trinajstić information content (AvgIpc) is 1.41. The van der Waals surface area contributed by atoms with Gasteiger partial charge < -0.3 is 14.6 Å². The molecule has 0 aromatic rings. The number of rotatable bonds is 0. The Morgan fingerprint density at radius 1 is 1.33 bits per heavy atom. The molecule has 0 bridgehead atoms. The van der Waals surface area contributed by atoms with Crippen LogP contribution in [0.2, 0.25) is 0 Å². The highest BCUT2D eigenvalue weighted by Crippen LogP contribution is 1.98. The van der Waals surface area contributed by atoms with E-state index in [1.807, 2.05) is 6.79 Å². The highest BCUT2D eigenvalue weighted by atomic mass is 31.1. The first-order valence-electron chi connectivity index (χ1n) is 0.940. The van der Waals surface area contributed by atoms with Gasteiger partial charge in [-0.15, -0.1) is 0 Å². The zero-order valence-electron chi connectivity index (χ0n) is 2.92. The number of hydrogen-bond acceptors (Lipinski definition) is 2. The maximum Gasteiger partial charge on any atom is 0.314 e. The van der Waals surface area contributed by atoms with E-state index < -0.39 is 8.25 Å². The van der Waals surface area contributed by atoms with Crippen molar-refractivity contribution in [2.45, 2.75) is 0 Å². The first-order chi connectivity index (χ1) is 2.73. The second-order valence-corrected chi connectivity index (χ2v) is 0.848. The Hall–Kier alpha value is -0.180. The topological polar surface area (TPSA) is 74.6 Å². The van der Waals surface area contributed by atoms with Crippen LogP contribution in [0.25, 0.3) is 0 Å². The Morgan fingerprint density at radius 2 is 1.33 bits per heavy atom. The fourth-order valence-corrected chi connectivity index (χ4v) is 0. The number of hydrogen-bond donors (Lipinski definition) is 2. The van der Waals surface area contributed by atoms with E-state index in [4.69, 9.17) is 19.1 Å². The van der Waals surface area contributed by atoms with E-state index in [2.05, 4.69) is 0 Å². The predicted molar refractivity (Wildman–Crippen MR) is 20.6 cm³/mol. The minimum absolute atomic E-state index is 2.00.